The number of nitrogens with one attached hydrogen (secondary N) is 1. The van der Waals surface area contributed by atoms with Gasteiger partial charge >= 0.3 is 0 Å². The fraction of sp³-hybridized carbons (Fsp3) is 0.182. The number of hydrogen-bond acceptors (Lipinski definition) is 2. The normalized spacial score (nSPS) is 12.0. The Kier molecular flexibility index (Phi) is 2.33. The minimum atomic E-state index is -0.219. The first-order chi connectivity index (χ1) is 7.16. The molecule has 76 valence electrons. The Bertz CT molecular complexity index is 584. The average Bonchev–Trinajstić information content (AvgIpc) is 2.43. The van der Waals surface area contributed by atoms with Crippen molar-refractivity contribution in [3.8, 4) is 0 Å². The van der Waals surface area contributed by atoms with Gasteiger partial charge in [0.2, 0.25) is 5.91 Å². The largest absolute Gasteiger partial charge is 0.342 e. The first kappa shape index (κ1) is 9.58. The minimum absolute atomic E-state index is 0.219. The van der Waals surface area contributed by atoms with E-state index in [1.54, 1.807) is 6.07 Å². The van der Waals surface area contributed by atoms with Gasteiger partial charge in [0.15, 0.2) is 0 Å². The van der Waals surface area contributed by atoms with Crippen molar-refractivity contribution < 1.29 is 4.79 Å². The van der Waals surface area contributed by atoms with Gasteiger partial charge < -0.3 is 4.98 Å². The Balaban J connectivity index is 2.90. The lowest BCUT2D eigenvalue weighted by Crippen LogP contribution is -2.03. The van der Waals surface area contributed by atoms with Crippen LogP contribution in [0.5, 0.6) is 0 Å². The summed E-state index contributed by atoms with van der Waals surface area (Å²) in [6.45, 7) is 3.30. The van der Waals surface area contributed by atoms with Crippen molar-refractivity contribution in [2.45, 2.75) is 13.8 Å². The number of rotatable bonds is 0. The molecule has 2 aromatic rings. The quantitative estimate of drug-likeness (QED) is 0.698. The van der Waals surface area contributed by atoms with Gasteiger partial charge in [-0.1, -0.05) is 12.1 Å². The molecule has 0 aliphatic carbocycles. The van der Waals surface area contributed by atoms with E-state index >= 15 is 0 Å². The summed E-state index contributed by atoms with van der Waals surface area (Å²) in [4.78, 5) is 22.3. The molecule has 0 bridgehead atoms. The monoisotopic (exact) mass is 201 g/mol. The summed E-state index contributed by atoms with van der Waals surface area (Å²) in [5.41, 5.74) is 1.62. The Hall–Kier alpha value is -1.97. The molecule has 1 amide bonds. The molecule has 0 radical (unpaired) electrons. The lowest BCUT2D eigenvalue weighted by Gasteiger charge is -1.81. The number of nitrogens with zero attached hydrogens (tertiary/aromatic N) is 2. The van der Waals surface area contributed by atoms with Crippen LogP contribution in [0.15, 0.2) is 29.3 Å². The molecule has 4 heteroatoms. The number of fused-ring (bicyclic) bond motifs is 1. The van der Waals surface area contributed by atoms with Crippen molar-refractivity contribution in [3.63, 3.8) is 0 Å². The van der Waals surface area contributed by atoms with E-state index in [4.69, 9.17) is 0 Å². The van der Waals surface area contributed by atoms with Gasteiger partial charge in [-0.2, -0.15) is 0 Å². The highest BCUT2D eigenvalue weighted by Gasteiger charge is 1.99. The fourth-order valence-corrected chi connectivity index (χ4v) is 1.46. The van der Waals surface area contributed by atoms with Gasteiger partial charge in [0.25, 0.3) is 0 Å². The lowest BCUT2D eigenvalue weighted by atomic mass is 10.4. The molecule has 15 heavy (non-hydrogen) atoms. The fourth-order valence-electron chi connectivity index (χ4n) is 1.46. The molecule has 0 unspecified atom stereocenters. The summed E-state index contributed by atoms with van der Waals surface area (Å²) in [7, 11) is 0. The zero-order valence-electron chi connectivity index (χ0n) is 8.61. The van der Waals surface area contributed by atoms with Crippen LogP contribution < -0.4 is 5.36 Å². The molecule has 0 saturated carbocycles. The molecule has 0 aliphatic rings. The molecule has 1 N–H and O–H groups in total. The van der Waals surface area contributed by atoms with E-state index in [-0.39, 0.29) is 5.91 Å². The number of hydrogen-bond donors (Lipinski definition) is 1. The van der Waals surface area contributed by atoms with Crippen molar-refractivity contribution in [2.75, 3.05) is 0 Å². The SMILES string of the molecule is CC(=O)N=c1ccccc2[nH]c(C)nc12. The zero-order valence-corrected chi connectivity index (χ0v) is 8.61. The van der Waals surface area contributed by atoms with Gasteiger partial charge in [0.1, 0.15) is 11.3 Å². The molecule has 0 fully saturated rings. The van der Waals surface area contributed by atoms with Crippen molar-refractivity contribution >= 4 is 16.9 Å². The van der Waals surface area contributed by atoms with E-state index in [1.807, 2.05) is 25.1 Å². The van der Waals surface area contributed by atoms with Gasteiger partial charge in [0.05, 0.1) is 10.9 Å². The average molecular weight is 201 g/mol. The second kappa shape index (κ2) is 3.65. The van der Waals surface area contributed by atoms with Crippen molar-refractivity contribution in [1.82, 2.24) is 9.97 Å². The van der Waals surface area contributed by atoms with Gasteiger partial charge in [-0.25, -0.2) is 9.98 Å². The number of amides is 1. The van der Waals surface area contributed by atoms with E-state index in [9.17, 15) is 4.79 Å². The number of H-pyrrole nitrogens is 1. The third-order valence-electron chi connectivity index (χ3n) is 2.00. The van der Waals surface area contributed by atoms with E-state index in [2.05, 4.69) is 15.0 Å². The molecular weight excluding hydrogens is 190 g/mol. The molecule has 0 spiro atoms. The van der Waals surface area contributed by atoms with E-state index in [0.717, 1.165) is 16.9 Å². The highest BCUT2D eigenvalue weighted by atomic mass is 16.1. The zero-order chi connectivity index (χ0) is 10.8. The molecule has 1 aromatic heterocycles. The van der Waals surface area contributed by atoms with Gasteiger partial charge in [-0.3, -0.25) is 4.79 Å². The second-order valence-electron chi connectivity index (χ2n) is 3.32. The maximum absolute atomic E-state index is 11.0. The van der Waals surface area contributed by atoms with Crippen LogP contribution >= 0.6 is 0 Å². The molecule has 0 atom stereocenters. The summed E-state index contributed by atoms with van der Waals surface area (Å²) >= 11 is 0. The summed E-state index contributed by atoms with van der Waals surface area (Å²) in [6, 6.07) is 7.42. The topological polar surface area (TPSA) is 58.1 Å². The Labute approximate surface area is 86.7 Å². The molecule has 1 heterocycles. The van der Waals surface area contributed by atoms with Crippen LogP contribution in [0, 0.1) is 6.92 Å². The lowest BCUT2D eigenvalue weighted by molar-refractivity contribution is -0.116. The number of aromatic nitrogens is 2. The maximum Gasteiger partial charge on any atom is 0.243 e. The molecule has 0 aliphatic heterocycles. The summed E-state index contributed by atoms with van der Waals surface area (Å²) in [5, 5.41) is 0.604. The van der Waals surface area contributed by atoms with Crippen LogP contribution in [0.1, 0.15) is 12.7 Å². The number of carbonyl (C=O) groups excluding carboxylic acids is 1. The smallest absolute Gasteiger partial charge is 0.243 e. The summed E-state index contributed by atoms with van der Waals surface area (Å²) in [6.07, 6.45) is 0. The first-order valence-corrected chi connectivity index (χ1v) is 4.68. The Morgan fingerprint density at radius 2 is 2.13 bits per heavy atom. The number of imidazole rings is 1. The van der Waals surface area contributed by atoms with Gasteiger partial charge in [0, 0.05) is 6.92 Å². The maximum atomic E-state index is 11.0. The second-order valence-corrected chi connectivity index (χ2v) is 3.32. The number of carbonyl (C=O) groups is 1. The third kappa shape index (κ3) is 1.93. The van der Waals surface area contributed by atoms with E-state index in [1.165, 1.54) is 6.92 Å². The molecule has 4 nitrogen and oxygen atoms in total. The van der Waals surface area contributed by atoms with Crippen molar-refractivity contribution in [3.05, 3.63) is 35.4 Å². The van der Waals surface area contributed by atoms with Gasteiger partial charge in [-0.05, 0) is 19.1 Å². The predicted octanol–water partition coefficient (Wildman–Crippen LogP) is 1.32. The Morgan fingerprint density at radius 3 is 2.87 bits per heavy atom. The predicted molar refractivity (Wildman–Crippen MR) is 57.1 cm³/mol. The van der Waals surface area contributed by atoms with Crippen LogP contribution in [0.3, 0.4) is 0 Å². The number of aryl methyl sites for hydroxylation is 1. The first-order valence-electron chi connectivity index (χ1n) is 4.68. The molecule has 0 saturated heterocycles. The van der Waals surface area contributed by atoms with Crippen LogP contribution in [0.25, 0.3) is 11.0 Å². The van der Waals surface area contributed by atoms with Crippen molar-refractivity contribution in [1.29, 1.82) is 0 Å². The van der Waals surface area contributed by atoms with Crippen LogP contribution in [0.2, 0.25) is 0 Å². The molecule has 2 rings (SSSR count). The van der Waals surface area contributed by atoms with E-state index < -0.39 is 0 Å². The van der Waals surface area contributed by atoms with Crippen LogP contribution in [-0.2, 0) is 4.79 Å². The minimum Gasteiger partial charge on any atom is -0.342 e. The van der Waals surface area contributed by atoms with Crippen LogP contribution in [-0.4, -0.2) is 15.9 Å². The third-order valence-corrected chi connectivity index (χ3v) is 2.00. The van der Waals surface area contributed by atoms with Crippen LogP contribution in [0.4, 0.5) is 0 Å². The highest BCUT2D eigenvalue weighted by molar-refractivity contribution is 5.78. The molecule has 1 aromatic carbocycles. The van der Waals surface area contributed by atoms with E-state index in [0.29, 0.717) is 5.36 Å². The van der Waals surface area contributed by atoms with Gasteiger partial charge in [-0.15, -0.1) is 0 Å². The molecular formula is C11H11N3O. The number of aromatic amines is 1. The summed E-state index contributed by atoms with van der Waals surface area (Å²) in [5.74, 6) is 0.597. The standard InChI is InChI=1S/C11H11N3O/c1-7-12-9-5-3-4-6-10(11(9)13-7)14-8(2)15/h3-6H,1-2H3,(H,12,13). The Morgan fingerprint density at radius 1 is 1.40 bits per heavy atom. The van der Waals surface area contributed by atoms with Crippen molar-refractivity contribution in [2.24, 2.45) is 4.99 Å². The summed E-state index contributed by atoms with van der Waals surface area (Å²) < 4.78 is 0. The highest BCUT2D eigenvalue weighted by Crippen LogP contribution is 2.04.